The van der Waals surface area contributed by atoms with Crippen LogP contribution in [0.1, 0.15) is 17.4 Å². The Hall–Kier alpha value is -1.03. The van der Waals surface area contributed by atoms with E-state index in [1.165, 1.54) is 12.3 Å². The molecule has 66 valence electrons. The molecule has 0 aliphatic carbocycles. The maximum absolute atomic E-state index is 12.0. The molecule has 0 bridgehead atoms. The minimum atomic E-state index is -2.78. The molecule has 1 atom stereocenters. The van der Waals surface area contributed by atoms with E-state index in [4.69, 9.17) is 5.11 Å². The molecule has 1 rings (SSSR count). The Kier molecular flexibility index (Phi) is 2.70. The van der Waals surface area contributed by atoms with Gasteiger partial charge in [-0.1, -0.05) is 0 Å². The van der Waals surface area contributed by atoms with Gasteiger partial charge in [0.15, 0.2) is 6.10 Å². The van der Waals surface area contributed by atoms with E-state index in [0.717, 1.165) is 5.56 Å². The lowest BCUT2D eigenvalue weighted by Crippen LogP contribution is -2.09. The van der Waals surface area contributed by atoms with Gasteiger partial charge in [-0.3, -0.25) is 4.98 Å². The molecule has 1 aromatic rings. The lowest BCUT2D eigenvalue weighted by atomic mass is 10.2. The molecule has 0 saturated carbocycles. The zero-order valence-corrected chi connectivity index (χ0v) is 6.54. The highest BCUT2D eigenvalue weighted by Crippen LogP contribution is 2.18. The maximum Gasteiger partial charge on any atom is 0.269 e. The van der Waals surface area contributed by atoms with Crippen molar-refractivity contribution in [3.63, 3.8) is 0 Å². The molecule has 0 aliphatic rings. The van der Waals surface area contributed by atoms with Crippen molar-refractivity contribution in [2.24, 2.45) is 0 Å². The summed E-state index contributed by atoms with van der Waals surface area (Å²) in [5, 5.41) is 8.91. The van der Waals surface area contributed by atoms with Crippen LogP contribution in [0, 0.1) is 6.92 Å². The van der Waals surface area contributed by atoms with Gasteiger partial charge in [-0.2, -0.15) is 0 Å². The summed E-state index contributed by atoms with van der Waals surface area (Å²) in [6, 6.07) is 3.12. The third-order valence-corrected chi connectivity index (χ3v) is 1.48. The lowest BCUT2D eigenvalue weighted by molar-refractivity contribution is -0.00823. The Morgan fingerprint density at radius 3 is 2.67 bits per heavy atom. The summed E-state index contributed by atoms with van der Waals surface area (Å²) in [5.74, 6) is 0. The van der Waals surface area contributed by atoms with Crippen LogP contribution in [0.2, 0.25) is 0 Å². The summed E-state index contributed by atoms with van der Waals surface area (Å²) < 4.78 is 23.9. The van der Waals surface area contributed by atoms with Crippen molar-refractivity contribution in [2.45, 2.75) is 19.5 Å². The smallest absolute Gasteiger partial charge is 0.269 e. The highest BCUT2D eigenvalue weighted by atomic mass is 19.3. The summed E-state index contributed by atoms with van der Waals surface area (Å²) in [7, 11) is 0. The number of rotatable bonds is 2. The largest absolute Gasteiger partial charge is 0.381 e. The fraction of sp³-hybridized carbons (Fsp3) is 0.375. The van der Waals surface area contributed by atoms with Crippen molar-refractivity contribution in [1.82, 2.24) is 4.98 Å². The van der Waals surface area contributed by atoms with Crippen LogP contribution in [0.4, 0.5) is 8.78 Å². The van der Waals surface area contributed by atoms with Gasteiger partial charge in [-0.05, 0) is 24.6 Å². The van der Waals surface area contributed by atoms with Gasteiger partial charge in [0.1, 0.15) is 0 Å². The predicted octanol–water partition coefficient (Wildman–Crippen LogP) is 1.69. The number of aliphatic hydroxyl groups is 1. The van der Waals surface area contributed by atoms with Gasteiger partial charge < -0.3 is 5.11 Å². The second kappa shape index (κ2) is 3.58. The molecule has 0 fully saturated rings. The van der Waals surface area contributed by atoms with Crippen LogP contribution in [-0.2, 0) is 0 Å². The molecule has 0 saturated heterocycles. The molecule has 1 unspecified atom stereocenters. The first-order valence-corrected chi connectivity index (χ1v) is 3.50. The van der Waals surface area contributed by atoms with E-state index in [1.54, 1.807) is 13.0 Å². The van der Waals surface area contributed by atoms with E-state index in [-0.39, 0.29) is 5.69 Å². The Bertz CT molecular complexity index is 265. The van der Waals surface area contributed by atoms with Crippen molar-refractivity contribution in [3.05, 3.63) is 29.6 Å². The second-order valence-electron chi connectivity index (χ2n) is 2.54. The first kappa shape index (κ1) is 9.06. The highest BCUT2D eigenvalue weighted by molar-refractivity contribution is 5.16. The molecular weight excluding hydrogens is 164 g/mol. The van der Waals surface area contributed by atoms with E-state index in [0.29, 0.717) is 0 Å². The Labute approximate surface area is 68.9 Å². The molecule has 2 nitrogen and oxygen atoms in total. The van der Waals surface area contributed by atoms with Crippen molar-refractivity contribution >= 4 is 0 Å². The van der Waals surface area contributed by atoms with Gasteiger partial charge >= 0.3 is 0 Å². The third kappa shape index (κ3) is 1.98. The second-order valence-corrected chi connectivity index (χ2v) is 2.54. The molecular formula is C8H9F2NO. The van der Waals surface area contributed by atoms with Crippen molar-refractivity contribution in [2.75, 3.05) is 0 Å². The number of halogens is 2. The summed E-state index contributed by atoms with van der Waals surface area (Å²) in [5.41, 5.74) is 0.824. The number of aryl methyl sites for hydroxylation is 1. The SMILES string of the molecule is Cc1ccnc(C(O)C(F)F)c1. The summed E-state index contributed by atoms with van der Waals surface area (Å²) >= 11 is 0. The molecule has 0 amide bonds. The van der Waals surface area contributed by atoms with Gasteiger partial charge in [0, 0.05) is 6.20 Å². The minimum Gasteiger partial charge on any atom is -0.381 e. The van der Waals surface area contributed by atoms with Gasteiger partial charge in [0.2, 0.25) is 0 Å². The fourth-order valence-corrected chi connectivity index (χ4v) is 0.850. The summed E-state index contributed by atoms with van der Waals surface area (Å²) in [4.78, 5) is 3.63. The van der Waals surface area contributed by atoms with Crippen LogP contribution in [0.15, 0.2) is 18.3 Å². The van der Waals surface area contributed by atoms with Crippen LogP contribution in [-0.4, -0.2) is 16.5 Å². The average molecular weight is 173 g/mol. The molecule has 0 spiro atoms. The van der Waals surface area contributed by atoms with Gasteiger partial charge in [-0.25, -0.2) is 8.78 Å². The number of nitrogens with zero attached hydrogens (tertiary/aromatic N) is 1. The van der Waals surface area contributed by atoms with Crippen LogP contribution in [0.3, 0.4) is 0 Å². The number of hydrogen-bond donors (Lipinski definition) is 1. The predicted molar refractivity (Wildman–Crippen MR) is 39.9 cm³/mol. The van der Waals surface area contributed by atoms with Crippen LogP contribution < -0.4 is 0 Å². The third-order valence-electron chi connectivity index (χ3n) is 1.48. The monoisotopic (exact) mass is 173 g/mol. The summed E-state index contributed by atoms with van der Waals surface area (Å²) in [6.07, 6.45) is -3.15. The molecule has 1 N–H and O–H groups in total. The van der Waals surface area contributed by atoms with Crippen molar-refractivity contribution < 1.29 is 13.9 Å². The quantitative estimate of drug-likeness (QED) is 0.738. The normalized spacial score (nSPS) is 13.4. The maximum atomic E-state index is 12.0. The van der Waals surface area contributed by atoms with E-state index >= 15 is 0 Å². The number of alkyl halides is 2. The topological polar surface area (TPSA) is 33.1 Å². The van der Waals surface area contributed by atoms with Crippen LogP contribution in [0.5, 0.6) is 0 Å². The van der Waals surface area contributed by atoms with E-state index < -0.39 is 12.5 Å². The molecule has 12 heavy (non-hydrogen) atoms. The number of aromatic nitrogens is 1. The van der Waals surface area contributed by atoms with E-state index in [9.17, 15) is 8.78 Å². The lowest BCUT2D eigenvalue weighted by Gasteiger charge is -2.08. The Morgan fingerprint density at radius 1 is 1.50 bits per heavy atom. The highest BCUT2D eigenvalue weighted by Gasteiger charge is 2.19. The summed E-state index contributed by atoms with van der Waals surface area (Å²) in [6.45, 7) is 1.75. The van der Waals surface area contributed by atoms with Crippen LogP contribution in [0.25, 0.3) is 0 Å². The number of hydrogen-bond acceptors (Lipinski definition) is 2. The first-order chi connectivity index (χ1) is 5.61. The first-order valence-electron chi connectivity index (χ1n) is 3.50. The van der Waals surface area contributed by atoms with E-state index in [2.05, 4.69) is 4.98 Å². The van der Waals surface area contributed by atoms with Crippen molar-refractivity contribution in [1.29, 1.82) is 0 Å². The minimum absolute atomic E-state index is 0.0185. The zero-order chi connectivity index (χ0) is 9.14. The fourth-order valence-electron chi connectivity index (χ4n) is 0.850. The average Bonchev–Trinajstić information content (AvgIpc) is 2.03. The van der Waals surface area contributed by atoms with Gasteiger partial charge in [-0.15, -0.1) is 0 Å². The molecule has 4 heteroatoms. The molecule has 0 aliphatic heterocycles. The van der Waals surface area contributed by atoms with Gasteiger partial charge in [0.25, 0.3) is 6.43 Å². The van der Waals surface area contributed by atoms with Gasteiger partial charge in [0.05, 0.1) is 5.69 Å². The van der Waals surface area contributed by atoms with Crippen LogP contribution >= 0.6 is 0 Å². The zero-order valence-electron chi connectivity index (χ0n) is 6.54. The van der Waals surface area contributed by atoms with Crippen molar-refractivity contribution in [3.8, 4) is 0 Å². The molecule has 0 radical (unpaired) electrons. The van der Waals surface area contributed by atoms with E-state index in [1.807, 2.05) is 0 Å². The standard InChI is InChI=1S/C8H9F2NO/c1-5-2-3-11-6(4-5)7(12)8(9)10/h2-4,7-8,12H,1H3. The number of pyridine rings is 1. The Balaban J connectivity index is 2.88. The Morgan fingerprint density at radius 2 is 2.17 bits per heavy atom. The number of aliphatic hydroxyl groups excluding tert-OH is 1. The molecule has 1 heterocycles. The molecule has 0 aromatic carbocycles. The molecule has 1 aromatic heterocycles.